The second-order valence-corrected chi connectivity index (χ2v) is 5.52. The Hall–Kier alpha value is -1.82. The first kappa shape index (κ1) is 14.2. The van der Waals surface area contributed by atoms with E-state index < -0.39 is 6.04 Å². The smallest absolute Gasteiger partial charge is 0.254 e. The molecule has 18 heavy (non-hydrogen) atoms. The fraction of sp³-hybridized carbons (Fsp3) is 0.467. The first-order chi connectivity index (χ1) is 8.29. The summed E-state index contributed by atoms with van der Waals surface area (Å²) in [5.74, 6) is -0.102. The number of nitrogens with zero attached hydrogens (tertiary/aromatic N) is 2. The van der Waals surface area contributed by atoms with E-state index in [1.165, 1.54) is 4.90 Å². The molecule has 3 heteroatoms. The van der Waals surface area contributed by atoms with Crippen molar-refractivity contribution in [1.82, 2.24) is 4.90 Å². The Kier molecular flexibility index (Phi) is 4.13. The van der Waals surface area contributed by atoms with Crippen molar-refractivity contribution in [2.45, 2.75) is 39.2 Å². The lowest BCUT2D eigenvalue weighted by Gasteiger charge is -2.26. The van der Waals surface area contributed by atoms with Gasteiger partial charge in [0.15, 0.2) is 0 Å². The van der Waals surface area contributed by atoms with Crippen LogP contribution in [0.25, 0.3) is 0 Å². The molecule has 0 aromatic heterocycles. The summed E-state index contributed by atoms with van der Waals surface area (Å²) in [6.07, 6.45) is 0. The van der Waals surface area contributed by atoms with Crippen molar-refractivity contribution in [3.63, 3.8) is 0 Å². The summed E-state index contributed by atoms with van der Waals surface area (Å²) in [6.45, 7) is 7.95. The van der Waals surface area contributed by atoms with Crippen LogP contribution in [0.5, 0.6) is 0 Å². The summed E-state index contributed by atoms with van der Waals surface area (Å²) >= 11 is 0. The molecular formula is C15H20N2O. The molecule has 0 aliphatic rings. The highest BCUT2D eigenvalue weighted by molar-refractivity contribution is 5.96. The summed E-state index contributed by atoms with van der Waals surface area (Å²) < 4.78 is 0. The Labute approximate surface area is 109 Å². The Bertz CT molecular complexity index is 480. The van der Waals surface area contributed by atoms with Crippen molar-refractivity contribution < 1.29 is 4.79 Å². The van der Waals surface area contributed by atoms with Gasteiger partial charge in [-0.15, -0.1) is 0 Å². The molecule has 96 valence electrons. The molecule has 0 spiro atoms. The first-order valence-electron chi connectivity index (χ1n) is 6.05. The SMILES string of the molecule is CC(C#N)N(C)C(=O)c1ccccc1C(C)(C)C. The van der Waals surface area contributed by atoms with Crippen molar-refractivity contribution >= 4 is 5.91 Å². The Morgan fingerprint density at radius 3 is 2.39 bits per heavy atom. The van der Waals surface area contributed by atoms with Crippen molar-refractivity contribution in [1.29, 1.82) is 5.26 Å². The summed E-state index contributed by atoms with van der Waals surface area (Å²) in [6, 6.07) is 9.24. The molecule has 3 nitrogen and oxygen atoms in total. The van der Waals surface area contributed by atoms with Gasteiger partial charge >= 0.3 is 0 Å². The minimum Gasteiger partial charge on any atom is -0.326 e. The number of rotatable bonds is 2. The molecule has 0 aliphatic heterocycles. The van der Waals surface area contributed by atoms with Gasteiger partial charge in [0.1, 0.15) is 6.04 Å². The number of benzene rings is 1. The van der Waals surface area contributed by atoms with Crippen LogP contribution in [0.3, 0.4) is 0 Å². The third-order valence-corrected chi connectivity index (χ3v) is 3.05. The van der Waals surface area contributed by atoms with E-state index >= 15 is 0 Å². The van der Waals surface area contributed by atoms with Crippen LogP contribution >= 0.6 is 0 Å². The number of hydrogen-bond acceptors (Lipinski definition) is 2. The lowest BCUT2D eigenvalue weighted by Crippen LogP contribution is -2.35. The van der Waals surface area contributed by atoms with Crippen LogP contribution in [0.2, 0.25) is 0 Å². The highest BCUT2D eigenvalue weighted by Crippen LogP contribution is 2.26. The van der Waals surface area contributed by atoms with Gasteiger partial charge in [-0.05, 0) is 24.0 Å². The minimum atomic E-state index is -0.425. The topological polar surface area (TPSA) is 44.1 Å². The third-order valence-electron chi connectivity index (χ3n) is 3.05. The molecule has 1 aromatic carbocycles. The number of hydrogen-bond donors (Lipinski definition) is 0. The summed E-state index contributed by atoms with van der Waals surface area (Å²) in [7, 11) is 1.66. The van der Waals surface area contributed by atoms with Gasteiger partial charge in [-0.1, -0.05) is 39.0 Å². The van der Waals surface area contributed by atoms with Crippen LogP contribution in [0.15, 0.2) is 24.3 Å². The minimum absolute atomic E-state index is 0.0943. The molecule has 0 heterocycles. The van der Waals surface area contributed by atoms with E-state index in [2.05, 4.69) is 26.8 Å². The summed E-state index contributed by atoms with van der Waals surface area (Å²) in [5.41, 5.74) is 1.59. The third kappa shape index (κ3) is 2.89. The number of carbonyl (C=O) groups excluding carboxylic acids is 1. The maximum atomic E-state index is 12.4. The summed E-state index contributed by atoms with van der Waals surface area (Å²) in [4.78, 5) is 13.9. The zero-order valence-corrected chi connectivity index (χ0v) is 11.7. The van der Waals surface area contributed by atoms with Crippen LogP contribution in [0.4, 0.5) is 0 Å². The first-order valence-corrected chi connectivity index (χ1v) is 6.05. The average Bonchev–Trinajstić information content (AvgIpc) is 2.35. The maximum Gasteiger partial charge on any atom is 0.254 e. The number of nitriles is 1. The molecular weight excluding hydrogens is 224 g/mol. The highest BCUT2D eigenvalue weighted by atomic mass is 16.2. The van der Waals surface area contributed by atoms with E-state index in [4.69, 9.17) is 5.26 Å². The lowest BCUT2D eigenvalue weighted by atomic mass is 9.83. The molecule has 0 saturated carbocycles. The second-order valence-electron chi connectivity index (χ2n) is 5.52. The van der Waals surface area contributed by atoms with Crippen molar-refractivity contribution in [2.24, 2.45) is 0 Å². The van der Waals surface area contributed by atoms with Crippen molar-refractivity contribution in [2.75, 3.05) is 7.05 Å². The van der Waals surface area contributed by atoms with Crippen LogP contribution < -0.4 is 0 Å². The van der Waals surface area contributed by atoms with Crippen LogP contribution in [0, 0.1) is 11.3 Å². The molecule has 0 fully saturated rings. The van der Waals surface area contributed by atoms with E-state index in [0.717, 1.165) is 5.56 Å². The van der Waals surface area contributed by atoms with E-state index in [1.807, 2.05) is 24.3 Å². The van der Waals surface area contributed by atoms with Crippen LogP contribution in [0.1, 0.15) is 43.6 Å². The van der Waals surface area contributed by atoms with Gasteiger partial charge in [0.05, 0.1) is 6.07 Å². The molecule has 0 bridgehead atoms. The van der Waals surface area contributed by atoms with Gasteiger partial charge in [0, 0.05) is 12.6 Å². The summed E-state index contributed by atoms with van der Waals surface area (Å²) in [5, 5.41) is 8.89. The van der Waals surface area contributed by atoms with Gasteiger partial charge in [-0.25, -0.2) is 0 Å². The molecule has 1 atom stereocenters. The maximum absolute atomic E-state index is 12.4. The standard InChI is InChI=1S/C15H20N2O/c1-11(10-16)17(5)14(18)12-8-6-7-9-13(12)15(2,3)4/h6-9,11H,1-5H3. The quantitative estimate of drug-likeness (QED) is 0.802. The van der Waals surface area contributed by atoms with Crippen molar-refractivity contribution in [3.05, 3.63) is 35.4 Å². The van der Waals surface area contributed by atoms with Gasteiger partial charge in [0.2, 0.25) is 0 Å². The molecule has 1 amide bonds. The van der Waals surface area contributed by atoms with Crippen LogP contribution in [-0.4, -0.2) is 23.9 Å². The molecule has 1 aromatic rings. The zero-order chi connectivity index (χ0) is 13.9. The number of amides is 1. The molecule has 0 saturated heterocycles. The normalized spacial score (nSPS) is 12.7. The predicted molar refractivity (Wildman–Crippen MR) is 72.3 cm³/mol. The van der Waals surface area contributed by atoms with Crippen LogP contribution in [-0.2, 0) is 5.41 Å². The fourth-order valence-corrected chi connectivity index (χ4v) is 1.78. The van der Waals surface area contributed by atoms with E-state index in [0.29, 0.717) is 5.56 Å². The molecule has 0 aliphatic carbocycles. The van der Waals surface area contributed by atoms with Crippen molar-refractivity contribution in [3.8, 4) is 6.07 Å². The molecule has 1 unspecified atom stereocenters. The predicted octanol–water partition coefficient (Wildman–Crippen LogP) is 2.97. The monoisotopic (exact) mass is 244 g/mol. The fourth-order valence-electron chi connectivity index (χ4n) is 1.78. The van der Waals surface area contributed by atoms with Gasteiger partial charge in [-0.2, -0.15) is 5.26 Å². The Morgan fingerprint density at radius 2 is 1.89 bits per heavy atom. The van der Waals surface area contributed by atoms with Gasteiger partial charge in [0.25, 0.3) is 5.91 Å². The molecule has 0 radical (unpaired) electrons. The lowest BCUT2D eigenvalue weighted by molar-refractivity contribution is 0.0770. The molecule has 1 rings (SSSR count). The Morgan fingerprint density at radius 1 is 1.33 bits per heavy atom. The van der Waals surface area contributed by atoms with Gasteiger partial charge < -0.3 is 4.90 Å². The van der Waals surface area contributed by atoms with E-state index in [-0.39, 0.29) is 11.3 Å². The Balaban J connectivity index is 3.19. The van der Waals surface area contributed by atoms with E-state index in [1.54, 1.807) is 14.0 Å². The van der Waals surface area contributed by atoms with Gasteiger partial charge in [-0.3, -0.25) is 4.79 Å². The average molecular weight is 244 g/mol. The highest BCUT2D eigenvalue weighted by Gasteiger charge is 2.24. The molecule has 0 N–H and O–H groups in total. The zero-order valence-electron chi connectivity index (χ0n) is 11.7. The largest absolute Gasteiger partial charge is 0.326 e. The van der Waals surface area contributed by atoms with E-state index in [9.17, 15) is 4.79 Å². The number of carbonyl (C=O) groups is 1. The second kappa shape index (κ2) is 5.22.